The number of amides is 1. The van der Waals surface area contributed by atoms with Gasteiger partial charge in [-0.2, -0.15) is 0 Å². The van der Waals surface area contributed by atoms with Crippen molar-refractivity contribution in [3.63, 3.8) is 0 Å². The minimum atomic E-state index is 0.116. The summed E-state index contributed by atoms with van der Waals surface area (Å²) in [5.74, 6) is 1.76. The van der Waals surface area contributed by atoms with Crippen LogP contribution in [-0.2, 0) is 4.79 Å². The Hall–Kier alpha value is -2.60. The first kappa shape index (κ1) is 21.1. The average molecular weight is 409 g/mol. The smallest absolute Gasteiger partial charge is 0.220 e. The van der Waals surface area contributed by atoms with E-state index >= 15 is 0 Å². The number of carbonyl (C=O) groups excluding carboxylic acids is 1. The van der Waals surface area contributed by atoms with Crippen molar-refractivity contribution >= 4 is 17.7 Å². The predicted molar refractivity (Wildman–Crippen MR) is 119 cm³/mol. The molecule has 6 heteroatoms. The standard InChI is InChI=1S/C23H28N4OS/c1-4-18(3)24-21(28)14-9-15-29-23-26-25-22(19-11-6-5-7-12-19)27(23)20-13-8-10-17(2)16-20/h5-8,10-13,16,18H,4,9,14-15H2,1-3H3,(H,24,28). The van der Waals surface area contributed by atoms with Gasteiger partial charge in [0.05, 0.1) is 0 Å². The molecule has 1 heterocycles. The Morgan fingerprint density at radius 3 is 2.66 bits per heavy atom. The molecule has 1 unspecified atom stereocenters. The molecule has 0 aliphatic carbocycles. The summed E-state index contributed by atoms with van der Waals surface area (Å²) in [4.78, 5) is 12.0. The normalized spacial score (nSPS) is 12.0. The summed E-state index contributed by atoms with van der Waals surface area (Å²) in [6.07, 6.45) is 2.28. The number of nitrogens with zero attached hydrogens (tertiary/aromatic N) is 3. The van der Waals surface area contributed by atoms with Gasteiger partial charge in [0.15, 0.2) is 11.0 Å². The third-order valence-electron chi connectivity index (χ3n) is 4.72. The molecule has 1 N–H and O–H groups in total. The van der Waals surface area contributed by atoms with Crippen LogP contribution in [0.15, 0.2) is 59.8 Å². The maximum Gasteiger partial charge on any atom is 0.220 e. The molecule has 0 spiro atoms. The lowest BCUT2D eigenvalue weighted by atomic mass is 10.2. The molecule has 0 aliphatic heterocycles. The monoisotopic (exact) mass is 408 g/mol. The van der Waals surface area contributed by atoms with Crippen molar-refractivity contribution in [3.8, 4) is 17.1 Å². The van der Waals surface area contributed by atoms with Gasteiger partial charge in [0, 0.05) is 29.5 Å². The van der Waals surface area contributed by atoms with E-state index in [1.807, 2.05) is 43.3 Å². The van der Waals surface area contributed by atoms with E-state index in [4.69, 9.17) is 0 Å². The minimum Gasteiger partial charge on any atom is -0.354 e. The number of benzene rings is 2. The molecule has 5 nitrogen and oxygen atoms in total. The zero-order chi connectivity index (χ0) is 20.6. The molecule has 29 heavy (non-hydrogen) atoms. The van der Waals surface area contributed by atoms with Crippen molar-refractivity contribution in [2.75, 3.05) is 5.75 Å². The highest BCUT2D eigenvalue weighted by Gasteiger charge is 2.16. The lowest BCUT2D eigenvalue weighted by Crippen LogP contribution is -2.31. The molecule has 0 aliphatic rings. The van der Waals surface area contributed by atoms with Crippen molar-refractivity contribution in [3.05, 3.63) is 60.2 Å². The maximum absolute atomic E-state index is 12.0. The molecule has 0 saturated carbocycles. The average Bonchev–Trinajstić information content (AvgIpc) is 3.15. The Labute approximate surface area is 176 Å². The number of nitrogens with one attached hydrogen (secondary N) is 1. The van der Waals surface area contributed by atoms with E-state index in [9.17, 15) is 4.79 Å². The van der Waals surface area contributed by atoms with Crippen LogP contribution in [0.5, 0.6) is 0 Å². The van der Waals surface area contributed by atoms with Gasteiger partial charge in [-0.25, -0.2) is 0 Å². The Morgan fingerprint density at radius 1 is 1.14 bits per heavy atom. The molecule has 3 aromatic rings. The number of hydrogen-bond acceptors (Lipinski definition) is 4. The van der Waals surface area contributed by atoms with Crippen LogP contribution >= 0.6 is 11.8 Å². The maximum atomic E-state index is 12.0. The number of hydrogen-bond donors (Lipinski definition) is 1. The van der Waals surface area contributed by atoms with Crippen molar-refractivity contribution in [1.29, 1.82) is 0 Å². The van der Waals surface area contributed by atoms with E-state index in [1.165, 1.54) is 5.56 Å². The van der Waals surface area contributed by atoms with Crippen molar-refractivity contribution < 1.29 is 4.79 Å². The first-order valence-corrected chi connectivity index (χ1v) is 11.1. The highest BCUT2D eigenvalue weighted by atomic mass is 32.2. The van der Waals surface area contributed by atoms with Gasteiger partial charge in [0.1, 0.15) is 0 Å². The number of aryl methyl sites for hydroxylation is 1. The fourth-order valence-corrected chi connectivity index (χ4v) is 3.87. The summed E-state index contributed by atoms with van der Waals surface area (Å²) in [6.45, 7) is 6.18. The van der Waals surface area contributed by atoms with Gasteiger partial charge in [0.25, 0.3) is 0 Å². The number of aromatic nitrogens is 3. The number of thioether (sulfide) groups is 1. The van der Waals surface area contributed by atoms with Gasteiger partial charge in [-0.05, 0) is 44.4 Å². The van der Waals surface area contributed by atoms with E-state index in [0.717, 1.165) is 40.8 Å². The zero-order valence-electron chi connectivity index (χ0n) is 17.3. The molecule has 152 valence electrons. The third-order valence-corrected chi connectivity index (χ3v) is 5.74. The quantitative estimate of drug-likeness (QED) is 0.398. The largest absolute Gasteiger partial charge is 0.354 e. The molecule has 1 amide bonds. The Bertz CT molecular complexity index is 939. The molecular formula is C23H28N4OS. The molecule has 0 saturated heterocycles. The highest BCUT2D eigenvalue weighted by molar-refractivity contribution is 7.99. The van der Waals surface area contributed by atoms with Gasteiger partial charge >= 0.3 is 0 Å². The van der Waals surface area contributed by atoms with Gasteiger partial charge in [-0.1, -0.05) is 61.2 Å². The van der Waals surface area contributed by atoms with Gasteiger partial charge in [-0.15, -0.1) is 10.2 Å². The first-order chi connectivity index (χ1) is 14.1. The Balaban J connectivity index is 1.75. The summed E-state index contributed by atoms with van der Waals surface area (Å²) in [7, 11) is 0. The van der Waals surface area contributed by atoms with Crippen LogP contribution in [0.25, 0.3) is 17.1 Å². The molecule has 0 radical (unpaired) electrons. The van der Waals surface area contributed by atoms with Crippen LogP contribution in [0.4, 0.5) is 0 Å². The highest BCUT2D eigenvalue weighted by Crippen LogP contribution is 2.28. The van der Waals surface area contributed by atoms with Crippen molar-refractivity contribution in [2.45, 2.75) is 51.2 Å². The fourth-order valence-electron chi connectivity index (χ4n) is 2.98. The second-order valence-electron chi connectivity index (χ2n) is 7.18. The minimum absolute atomic E-state index is 0.116. The SMILES string of the molecule is CCC(C)NC(=O)CCCSc1nnc(-c2ccccc2)n1-c1cccc(C)c1. The van der Waals surface area contributed by atoms with E-state index < -0.39 is 0 Å². The van der Waals surface area contributed by atoms with Crippen LogP contribution in [0.1, 0.15) is 38.7 Å². The van der Waals surface area contributed by atoms with Gasteiger partial charge < -0.3 is 5.32 Å². The second-order valence-corrected chi connectivity index (χ2v) is 8.24. The van der Waals surface area contributed by atoms with Crippen LogP contribution in [0, 0.1) is 6.92 Å². The van der Waals surface area contributed by atoms with E-state index in [2.05, 4.69) is 52.1 Å². The second kappa shape index (κ2) is 10.3. The van der Waals surface area contributed by atoms with Crippen molar-refractivity contribution in [1.82, 2.24) is 20.1 Å². The predicted octanol–water partition coefficient (Wildman–Crippen LogP) is 5.03. The van der Waals surface area contributed by atoms with Gasteiger partial charge in [0.2, 0.25) is 5.91 Å². The number of rotatable bonds is 9. The van der Waals surface area contributed by atoms with Crippen LogP contribution in [0.2, 0.25) is 0 Å². The lowest BCUT2D eigenvalue weighted by Gasteiger charge is -2.12. The lowest BCUT2D eigenvalue weighted by molar-refractivity contribution is -0.121. The Kier molecular flexibility index (Phi) is 7.47. The van der Waals surface area contributed by atoms with Gasteiger partial charge in [-0.3, -0.25) is 9.36 Å². The summed E-state index contributed by atoms with van der Waals surface area (Å²) in [5.41, 5.74) is 3.26. The molecule has 1 atom stereocenters. The zero-order valence-corrected chi connectivity index (χ0v) is 18.1. The molecule has 2 aromatic carbocycles. The summed E-state index contributed by atoms with van der Waals surface area (Å²) in [6, 6.07) is 18.7. The molecule has 1 aromatic heterocycles. The summed E-state index contributed by atoms with van der Waals surface area (Å²) >= 11 is 1.64. The molecule has 0 bridgehead atoms. The van der Waals surface area contributed by atoms with Crippen LogP contribution in [0.3, 0.4) is 0 Å². The van der Waals surface area contributed by atoms with Crippen LogP contribution in [-0.4, -0.2) is 32.5 Å². The third kappa shape index (κ3) is 5.70. The van der Waals surface area contributed by atoms with Crippen molar-refractivity contribution in [2.24, 2.45) is 0 Å². The fraction of sp³-hybridized carbons (Fsp3) is 0.348. The van der Waals surface area contributed by atoms with E-state index in [1.54, 1.807) is 11.8 Å². The first-order valence-electron chi connectivity index (χ1n) is 10.1. The van der Waals surface area contributed by atoms with E-state index in [0.29, 0.717) is 6.42 Å². The topological polar surface area (TPSA) is 59.8 Å². The van der Waals surface area contributed by atoms with E-state index in [-0.39, 0.29) is 11.9 Å². The molecule has 3 rings (SSSR count). The molecular weight excluding hydrogens is 380 g/mol. The van der Waals surface area contributed by atoms with Crippen LogP contribution < -0.4 is 5.32 Å². The molecule has 0 fully saturated rings. The summed E-state index contributed by atoms with van der Waals surface area (Å²) < 4.78 is 2.10. The Morgan fingerprint density at radius 2 is 1.93 bits per heavy atom. The summed E-state index contributed by atoms with van der Waals surface area (Å²) in [5, 5.41) is 12.8. The number of carbonyl (C=O) groups is 1.